The number of methoxy groups -OCH3 is 1. The fourth-order valence-electron chi connectivity index (χ4n) is 2.65. The number of thiocarbonyl (C=S) groups is 1. The van der Waals surface area contributed by atoms with Crippen LogP contribution in [0.25, 0.3) is 6.08 Å². The van der Waals surface area contributed by atoms with Gasteiger partial charge in [0, 0.05) is 12.1 Å². The molecule has 0 bridgehead atoms. The van der Waals surface area contributed by atoms with Gasteiger partial charge in [-0.2, -0.15) is 0 Å². The number of nitro benzene ring substituents is 1. The Bertz CT molecular complexity index is 1080. The highest BCUT2D eigenvalue weighted by atomic mass is 35.5. The van der Waals surface area contributed by atoms with Crippen LogP contribution in [0.3, 0.4) is 0 Å². The molecule has 1 fully saturated rings. The molecule has 0 unspecified atom stereocenters. The molecule has 1 aliphatic heterocycles. The maximum absolute atomic E-state index is 12.0. The van der Waals surface area contributed by atoms with Crippen LogP contribution in [0.4, 0.5) is 5.69 Å². The van der Waals surface area contributed by atoms with Crippen LogP contribution in [-0.4, -0.2) is 29.0 Å². The van der Waals surface area contributed by atoms with Crippen LogP contribution in [0.1, 0.15) is 11.1 Å². The summed E-state index contributed by atoms with van der Waals surface area (Å²) in [7, 11) is 1.40. The van der Waals surface area contributed by atoms with Crippen molar-refractivity contribution in [2.24, 2.45) is 0 Å². The normalized spacial score (nSPS) is 13.4. The number of rotatable bonds is 6. The van der Waals surface area contributed by atoms with Crippen molar-refractivity contribution in [1.82, 2.24) is 10.6 Å². The van der Waals surface area contributed by atoms with Gasteiger partial charge < -0.3 is 9.47 Å². The van der Waals surface area contributed by atoms with Crippen molar-refractivity contribution < 1.29 is 24.0 Å². The van der Waals surface area contributed by atoms with Gasteiger partial charge in [-0.1, -0.05) is 23.7 Å². The molecule has 30 heavy (non-hydrogen) atoms. The van der Waals surface area contributed by atoms with Crippen molar-refractivity contribution in [2.45, 2.75) is 6.61 Å². The van der Waals surface area contributed by atoms with Gasteiger partial charge in [0.15, 0.2) is 16.6 Å². The number of carbonyl (C=O) groups is 2. The highest BCUT2D eigenvalue weighted by Crippen LogP contribution is 2.37. The van der Waals surface area contributed by atoms with Gasteiger partial charge in [-0.25, -0.2) is 0 Å². The van der Waals surface area contributed by atoms with E-state index in [0.29, 0.717) is 11.1 Å². The molecule has 9 nitrogen and oxygen atoms in total. The number of benzene rings is 2. The van der Waals surface area contributed by atoms with Crippen LogP contribution in [0.5, 0.6) is 11.5 Å². The SMILES string of the molecule is COc1cc(C=C2C(=O)NC(=S)NC2=O)cc(Cl)c1OCc1cccc([N+](=O)[O-])c1. The molecule has 11 heteroatoms. The first-order valence-electron chi connectivity index (χ1n) is 8.40. The van der Waals surface area contributed by atoms with E-state index >= 15 is 0 Å². The fourth-order valence-corrected chi connectivity index (χ4v) is 3.11. The minimum atomic E-state index is -0.634. The molecular formula is C19H14ClN3O6S. The molecule has 2 N–H and O–H groups in total. The van der Waals surface area contributed by atoms with Crippen molar-refractivity contribution >= 4 is 52.5 Å². The molecule has 0 aliphatic carbocycles. The summed E-state index contributed by atoms with van der Waals surface area (Å²) in [5.41, 5.74) is 0.791. The number of carbonyl (C=O) groups excluding carboxylic acids is 2. The van der Waals surface area contributed by atoms with Gasteiger partial charge in [0.1, 0.15) is 12.2 Å². The van der Waals surface area contributed by atoms with Gasteiger partial charge in [0.05, 0.1) is 17.1 Å². The maximum Gasteiger partial charge on any atom is 0.269 e. The number of nitro groups is 1. The summed E-state index contributed by atoms with van der Waals surface area (Å²) < 4.78 is 11.0. The van der Waals surface area contributed by atoms with Crippen LogP contribution in [0, 0.1) is 10.1 Å². The lowest BCUT2D eigenvalue weighted by atomic mass is 10.1. The summed E-state index contributed by atoms with van der Waals surface area (Å²) in [5.74, 6) is -0.798. The molecule has 2 amide bonds. The molecule has 1 aliphatic rings. The maximum atomic E-state index is 12.0. The van der Waals surface area contributed by atoms with Crippen molar-refractivity contribution in [1.29, 1.82) is 0 Å². The second-order valence-corrected chi connectivity index (χ2v) is 6.86. The summed E-state index contributed by atoms with van der Waals surface area (Å²) in [6.45, 7) is 0.0143. The quantitative estimate of drug-likeness (QED) is 0.230. The Kier molecular flexibility index (Phi) is 6.28. The highest BCUT2D eigenvalue weighted by molar-refractivity contribution is 7.80. The number of nitrogens with one attached hydrogen (secondary N) is 2. The Morgan fingerprint density at radius 1 is 1.20 bits per heavy atom. The molecule has 0 atom stereocenters. The smallest absolute Gasteiger partial charge is 0.269 e. The number of nitrogens with zero attached hydrogens (tertiary/aromatic N) is 1. The van der Waals surface area contributed by atoms with E-state index in [1.807, 2.05) is 0 Å². The molecule has 3 rings (SSSR count). The summed E-state index contributed by atoms with van der Waals surface area (Å²) >= 11 is 11.1. The third-order valence-electron chi connectivity index (χ3n) is 4.01. The Labute approximate surface area is 180 Å². The molecule has 1 heterocycles. The number of ether oxygens (including phenoxy) is 2. The molecular weight excluding hydrogens is 434 g/mol. The Morgan fingerprint density at radius 3 is 2.53 bits per heavy atom. The average Bonchev–Trinajstić information content (AvgIpc) is 2.69. The number of non-ortho nitro benzene ring substituents is 1. The summed E-state index contributed by atoms with van der Waals surface area (Å²) in [6, 6.07) is 9.03. The van der Waals surface area contributed by atoms with Crippen LogP contribution in [0.15, 0.2) is 42.0 Å². The van der Waals surface area contributed by atoms with Gasteiger partial charge in [-0.15, -0.1) is 0 Å². The minimum absolute atomic E-state index is 0.0143. The second kappa shape index (κ2) is 8.89. The van der Waals surface area contributed by atoms with Crippen molar-refractivity contribution in [3.8, 4) is 11.5 Å². The second-order valence-electron chi connectivity index (χ2n) is 6.05. The number of halogens is 1. The van der Waals surface area contributed by atoms with Crippen molar-refractivity contribution in [3.63, 3.8) is 0 Å². The topological polar surface area (TPSA) is 120 Å². The Balaban J connectivity index is 1.86. The van der Waals surface area contributed by atoms with E-state index in [1.165, 1.54) is 37.5 Å². The lowest BCUT2D eigenvalue weighted by Gasteiger charge is -2.17. The molecule has 2 aromatic rings. The highest BCUT2D eigenvalue weighted by Gasteiger charge is 2.26. The Morgan fingerprint density at radius 2 is 1.90 bits per heavy atom. The first-order valence-corrected chi connectivity index (χ1v) is 9.19. The molecule has 154 valence electrons. The monoisotopic (exact) mass is 447 g/mol. The van der Waals surface area contributed by atoms with Gasteiger partial charge in [0.2, 0.25) is 0 Å². The zero-order chi connectivity index (χ0) is 21.8. The van der Waals surface area contributed by atoms with Gasteiger partial charge in [-0.3, -0.25) is 30.3 Å². The predicted octanol–water partition coefficient (Wildman–Crippen LogP) is 2.75. The van der Waals surface area contributed by atoms with Crippen molar-refractivity contribution in [3.05, 3.63) is 68.2 Å². The Hall–Kier alpha value is -3.50. The standard InChI is InChI=1S/C19H14ClN3O6S/c1-28-15-8-11(6-13-17(24)21-19(30)22-18(13)25)7-14(20)16(15)29-9-10-3-2-4-12(5-10)23(26)27/h2-8H,9H2,1H3,(H2,21,22,24,25,30). The van der Waals surface area contributed by atoms with Crippen LogP contribution >= 0.6 is 23.8 Å². The summed E-state index contributed by atoms with van der Waals surface area (Å²) in [4.78, 5) is 34.4. The van der Waals surface area contributed by atoms with E-state index in [9.17, 15) is 19.7 Å². The van der Waals surface area contributed by atoms with E-state index in [2.05, 4.69) is 10.6 Å². The lowest BCUT2D eigenvalue weighted by molar-refractivity contribution is -0.384. The van der Waals surface area contributed by atoms with E-state index in [0.717, 1.165) is 0 Å². The van der Waals surface area contributed by atoms with Gasteiger partial charge in [0.25, 0.3) is 17.5 Å². The molecule has 0 radical (unpaired) electrons. The van der Waals surface area contributed by atoms with Gasteiger partial charge in [-0.05, 0) is 41.6 Å². The zero-order valence-corrected chi connectivity index (χ0v) is 17.0. The molecule has 0 saturated carbocycles. The molecule has 2 aromatic carbocycles. The van der Waals surface area contributed by atoms with Crippen LogP contribution in [-0.2, 0) is 16.2 Å². The predicted molar refractivity (Wildman–Crippen MR) is 112 cm³/mol. The first kappa shape index (κ1) is 21.2. The summed E-state index contributed by atoms with van der Waals surface area (Å²) in [6.07, 6.45) is 1.34. The number of hydrogen-bond acceptors (Lipinski definition) is 7. The van der Waals surface area contributed by atoms with E-state index in [-0.39, 0.29) is 39.5 Å². The largest absolute Gasteiger partial charge is 0.493 e. The molecule has 1 saturated heterocycles. The number of hydrogen-bond donors (Lipinski definition) is 2. The van der Waals surface area contributed by atoms with Gasteiger partial charge >= 0.3 is 0 Å². The number of amides is 2. The minimum Gasteiger partial charge on any atom is -0.493 e. The molecule has 0 aromatic heterocycles. The average molecular weight is 448 g/mol. The van der Waals surface area contributed by atoms with Crippen LogP contribution in [0.2, 0.25) is 5.02 Å². The zero-order valence-electron chi connectivity index (χ0n) is 15.4. The molecule has 0 spiro atoms. The lowest BCUT2D eigenvalue weighted by Crippen LogP contribution is -2.51. The third-order valence-corrected chi connectivity index (χ3v) is 4.50. The third kappa shape index (κ3) is 4.73. The van der Waals surface area contributed by atoms with E-state index in [1.54, 1.807) is 12.1 Å². The van der Waals surface area contributed by atoms with E-state index < -0.39 is 16.7 Å². The van der Waals surface area contributed by atoms with E-state index in [4.69, 9.17) is 33.3 Å². The fraction of sp³-hybridized carbons (Fsp3) is 0.105. The summed E-state index contributed by atoms with van der Waals surface area (Å²) in [5, 5.41) is 15.7. The van der Waals surface area contributed by atoms with Crippen LogP contribution < -0.4 is 20.1 Å². The first-order chi connectivity index (χ1) is 14.3. The van der Waals surface area contributed by atoms with Crippen molar-refractivity contribution in [2.75, 3.05) is 7.11 Å².